The number of carbonyl (C=O) groups is 1. The molecule has 0 saturated carbocycles. The van der Waals surface area contributed by atoms with E-state index in [0.29, 0.717) is 0 Å². The Morgan fingerprint density at radius 3 is 3.08 bits per heavy atom. The van der Waals surface area contributed by atoms with Crippen molar-refractivity contribution in [2.75, 3.05) is 6.54 Å². The lowest BCUT2D eigenvalue weighted by atomic mass is 9.95. The molecule has 0 aromatic rings. The summed E-state index contributed by atoms with van der Waals surface area (Å²) in [6.45, 7) is 4.52. The summed E-state index contributed by atoms with van der Waals surface area (Å²) in [5.74, 6) is 0.400. The van der Waals surface area contributed by atoms with Crippen molar-refractivity contribution in [3.63, 3.8) is 0 Å². The van der Waals surface area contributed by atoms with Gasteiger partial charge < -0.3 is 5.32 Å². The number of hydrogen-bond acceptors (Lipinski definition) is 1. The summed E-state index contributed by atoms with van der Waals surface area (Å²) in [6.07, 6.45) is 7.25. The standard InChI is InChI=1S/C10H17NO/c1-2-6-9-7-4-3-5-8-11-10(9)12/h2,9H,1,3-8H2,(H,11,12). The van der Waals surface area contributed by atoms with Gasteiger partial charge in [-0.3, -0.25) is 4.79 Å². The molecule has 1 rings (SSSR count). The van der Waals surface area contributed by atoms with Gasteiger partial charge in [-0.2, -0.15) is 0 Å². The first-order chi connectivity index (χ1) is 5.84. The summed E-state index contributed by atoms with van der Waals surface area (Å²) in [7, 11) is 0. The molecule has 12 heavy (non-hydrogen) atoms. The molecule has 2 heteroatoms. The third-order valence-corrected chi connectivity index (χ3v) is 2.35. The topological polar surface area (TPSA) is 29.1 Å². The zero-order valence-electron chi connectivity index (χ0n) is 7.51. The number of nitrogens with one attached hydrogen (secondary N) is 1. The Labute approximate surface area is 74.0 Å². The second-order valence-corrected chi connectivity index (χ2v) is 3.36. The Morgan fingerprint density at radius 2 is 2.33 bits per heavy atom. The fraction of sp³-hybridized carbons (Fsp3) is 0.700. The number of carbonyl (C=O) groups excluding carboxylic acids is 1. The van der Waals surface area contributed by atoms with E-state index >= 15 is 0 Å². The van der Waals surface area contributed by atoms with Gasteiger partial charge in [-0.25, -0.2) is 0 Å². The van der Waals surface area contributed by atoms with Crippen LogP contribution in [-0.2, 0) is 4.79 Å². The van der Waals surface area contributed by atoms with Crippen molar-refractivity contribution in [1.82, 2.24) is 5.32 Å². The second-order valence-electron chi connectivity index (χ2n) is 3.36. The zero-order valence-corrected chi connectivity index (χ0v) is 7.51. The maximum Gasteiger partial charge on any atom is 0.223 e. The van der Waals surface area contributed by atoms with Crippen molar-refractivity contribution in [3.8, 4) is 0 Å². The van der Waals surface area contributed by atoms with Crippen molar-refractivity contribution in [2.24, 2.45) is 5.92 Å². The summed E-state index contributed by atoms with van der Waals surface area (Å²) in [5, 5.41) is 2.93. The molecule has 1 heterocycles. The van der Waals surface area contributed by atoms with Gasteiger partial charge in [0.25, 0.3) is 0 Å². The minimum atomic E-state index is 0.183. The normalized spacial score (nSPS) is 25.3. The van der Waals surface area contributed by atoms with Gasteiger partial charge in [-0.15, -0.1) is 6.58 Å². The summed E-state index contributed by atoms with van der Waals surface area (Å²) in [6, 6.07) is 0. The summed E-state index contributed by atoms with van der Waals surface area (Å²) in [5.41, 5.74) is 0. The van der Waals surface area contributed by atoms with E-state index in [0.717, 1.165) is 25.8 Å². The molecule has 0 aromatic heterocycles. The smallest absolute Gasteiger partial charge is 0.223 e. The third kappa shape index (κ3) is 2.68. The minimum Gasteiger partial charge on any atom is -0.356 e. The molecule has 0 radical (unpaired) electrons. The molecule has 0 spiro atoms. The maximum atomic E-state index is 11.4. The molecule has 1 saturated heterocycles. The number of hydrogen-bond donors (Lipinski definition) is 1. The van der Waals surface area contributed by atoms with Crippen LogP contribution in [0, 0.1) is 5.92 Å². The van der Waals surface area contributed by atoms with Crippen molar-refractivity contribution in [1.29, 1.82) is 0 Å². The van der Waals surface area contributed by atoms with Gasteiger partial charge in [0.15, 0.2) is 0 Å². The lowest BCUT2D eigenvalue weighted by Crippen LogP contribution is -2.32. The van der Waals surface area contributed by atoms with Gasteiger partial charge in [0.2, 0.25) is 5.91 Å². The molecule has 68 valence electrons. The van der Waals surface area contributed by atoms with Gasteiger partial charge in [0.05, 0.1) is 0 Å². The predicted octanol–water partition coefficient (Wildman–Crippen LogP) is 1.87. The summed E-state index contributed by atoms with van der Waals surface area (Å²) >= 11 is 0. The number of amides is 1. The van der Waals surface area contributed by atoms with E-state index in [9.17, 15) is 4.79 Å². The highest BCUT2D eigenvalue weighted by Gasteiger charge is 2.17. The first-order valence-electron chi connectivity index (χ1n) is 4.73. The fourth-order valence-electron chi connectivity index (χ4n) is 1.61. The van der Waals surface area contributed by atoms with E-state index in [1.165, 1.54) is 12.8 Å². The molecule has 0 aromatic carbocycles. The zero-order chi connectivity index (χ0) is 8.81. The summed E-state index contributed by atoms with van der Waals surface area (Å²) in [4.78, 5) is 11.4. The molecule has 1 atom stereocenters. The van der Waals surface area contributed by atoms with Gasteiger partial charge in [0.1, 0.15) is 0 Å². The maximum absolute atomic E-state index is 11.4. The quantitative estimate of drug-likeness (QED) is 0.625. The third-order valence-electron chi connectivity index (χ3n) is 2.35. The van der Waals surface area contributed by atoms with E-state index in [4.69, 9.17) is 0 Å². The monoisotopic (exact) mass is 167 g/mol. The molecule has 1 amide bonds. The number of rotatable bonds is 2. The van der Waals surface area contributed by atoms with Crippen molar-refractivity contribution in [2.45, 2.75) is 32.1 Å². The second kappa shape index (κ2) is 4.96. The van der Waals surface area contributed by atoms with Gasteiger partial charge in [-0.1, -0.05) is 18.9 Å². The van der Waals surface area contributed by atoms with E-state index in [1.807, 2.05) is 6.08 Å². The Bertz CT molecular complexity index is 165. The highest BCUT2D eigenvalue weighted by Crippen LogP contribution is 2.16. The molecule has 1 N–H and O–H groups in total. The Balaban J connectivity index is 2.42. The number of allylic oxidation sites excluding steroid dienone is 1. The van der Waals surface area contributed by atoms with Crippen LogP contribution in [0.5, 0.6) is 0 Å². The SMILES string of the molecule is C=CCC1CCCCCNC1=O. The first-order valence-corrected chi connectivity index (χ1v) is 4.73. The van der Waals surface area contributed by atoms with Crippen LogP contribution in [0.1, 0.15) is 32.1 Å². The van der Waals surface area contributed by atoms with Crippen LogP contribution in [0.25, 0.3) is 0 Å². The Morgan fingerprint density at radius 1 is 1.50 bits per heavy atom. The van der Waals surface area contributed by atoms with Crippen LogP contribution < -0.4 is 5.32 Å². The van der Waals surface area contributed by atoms with Crippen molar-refractivity contribution < 1.29 is 4.79 Å². The van der Waals surface area contributed by atoms with Crippen LogP contribution in [0.15, 0.2) is 12.7 Å². The van der Waals surface area contributed by atoms with Crippen molar-refractivity contribution >= 4 is 5.91 Å². The van der Waals surface area contributed by atoms with E-state index < -0.39 is 0 Å². The lowest BCUT2D eigenvalue weighted by Gasteiger charge is -2.17. The molecule has 0 aliphatic carbocycles. The first kappa shape index (κ1) is 9.30. The molecule has 1 unspecified atom stereocenters. The van der Waals surface area contributed by atoms with Crippen LogP contribution in [0.3, 0.4) is 0 Å². The molecule has 1 fully saturated rings. The molecule has 0 bridgehead atoms. The average Bonchev–Trinajstić information content (AvgIpc) is 2.05. The molecule has 1 aliphatic heterocycles. The van der Waals surface area contributed by atoms with Crippen LogP contribution in [0.4, 0.5) is 0 Å². The predicted molar refractivity (Wildman–Crippen MR) is 49.8 cm³/mol. The average molecular weight is 167 g/mol. The fourth-order valence-corrected chi connectivity index (χ4v) is 1.61. The molecule has 1 aliphatic rings. The highest BCUT2D eigenvalue weighted by atomic mass is 16.1. The molecular formula is C10H17NO. The molecule has 2 nitrogen and oxygen atoms in total. The van der Waals surface area contributed by atoms with Gasteiger partial charge >= 0.3 is 0 Å². The van der Waals surface area contributed by atoms with Crippen LogP contribution in [-0.4, -0.2) is 12.5 Å². The lowest BCUT2D eigenvalue weighted by molar-refractivity contribution is -0.125. The van der Waals surface area contributed by atoms with Gasteiger partial charge in [0, 0.05) is 12.5 Å². The molecular weight excluding hydrogens is 150 g/mol. The Hall–Kier alpha value is -0.790. The van der Waals surface area contributed by atoms with E-state index in [2.05, 4.69) is 11.9 Å². The van der Waals surface area contributed by atoms with E-state index in [-0.39, 0.29) is 11.8 Å². The van der Waals surface area contributed by atoms with Gasteiger partial charge in [-0.05, 0) is 19.3 Å². The van der Waals surface area contributed by atoms with Crippen LogP contribution >= 0.6 is 0 Å². The largest absolute Gasteiger partial charge is 0.356 e. The van der Waals surface area contributed by atoms with Crippen molar-refractivity contribution in [3.05, 3.63) is 12.7 Å². The van der Waals surface area contributed by atoms with Crippen LogP contribution in [0.2, 0.25) is 0 Å². The minimum absolute atomic E-state index is 0.183. The Kier molecular flexibility index (Phi) is 3.85. The highest BCUT2D eigenvalue weighted by molar-refractivity contribution is 5.78. The van der Waals surface area contributed by atoms with E-state index in [1.54, 1.807) is 0 Å². The summed E-state index contributed by atoms with van der Waals surface area (Å²) < 4.78 is 0.